The minimum atomic E-state index is -0.109. The number of aromatic nitrogens is 2. The zero-order valence-electron chi connectivity index (χ0n) is 17.6. The van der Waals surface area contributed by atoms with Gasteiger partial charge in [-0.15, -0.1) is 0 Å². The molecule has 2 aromatic heterocycles. The Labute approximate surface area is 182 Å². The number of pyridine rings is 1. The first-order valence-electron chi connectivity index (χ1n) is 9.94. The van der Waals surface area contributed by atoms with Crippen LogP contribution in [0.25, 0.3) is 0 Å². The van der Waals surface area contributed by atoms with Gasteiger partial charge < -0.3 is 24.3 Å². The molecule has 1 fully saturated rings. The van der Waals surface area contributed by atoms with E-state index in [-0.39, 0.29) is 12.1 Å². The molecule has 1 aliphatic rings. The normalized spacial score (nSPS) is 18.6. The number of ether oxygens (including phenoxy) is 2. The highest BCUT2D eigenvalue weighted by Gasteiger charge is 2.43. The Bertz CT molecular complexity index is 1030. The van der Waals surface area contributed by atoms with E-state index in [0.29, 0.717) is 11.2 Å². The summed E-state index contributed by atoms with van der Waals surface area (Å²) >= 11 is 5.83. The van der Waals surface area contributed by atoms with Gasteiger partial charge in [-0.2, -0.15) is 0 Å². The summed E-state index contributed by atoms with van der Waals surface area (Å²) < 4.78 is 13.4. The van der Waals surface area contributed by atoms with Crippen LogP contribution >= 0.6 is 12.2 Å². The molecule has 0 bridgehead atoms. The molecule has 6 nitrogen and oxygen atoms in total. The Morgan fingerprint density at radius 1 is 1.07 bits per heavy atom. The van der Waals surface area contributed by atoms with E-state index in [4.69, 9.17) is 21.7 Å². The molecule has 1 N–H and O–H groups in total. The molecule has 0 amide bonds. The van der Waals surface area contributed by atoms with Crippen LogP contribution in [0.15, 0.2) is 60.9 Å². The van der Waals surface area contributed by atoms with Crippen molar-refractivity contribution >= 4 is 23.0 Å². The van der Waals surface area contributed by atoms with Gasteiger partial charge in [0.15, 0.2) is 5.11 Å². The Hall–Kier alpha value is -3.06. The van der Waals surface area contributed by atoms with Crippen molar-refractivity contribution in [3.8, 4) is 11.5 Å². The van der Waals surface area contributed by atoms with Crippen LogP contribution in [-0.4, -0.2) is 28.9 Å². The lowest BCUT2D eigenvalue weighted by Crippen LogP contribution is -2.31. The number of anilines is 1. The molecule has 3 aromatic rings. The number of methoxy groups -OCH3 is 2. The van der Waals surface area contributed by atoms with Gasteiger partial charge in [0.25, 0.3) is 0 Å². The quantitative estimate of drug-likeness (QED) is 0.583. The number of benzene rings is 1. The first kappa shape index (κ1) is 20.2. The summed E-state index contributed by atoms with van der Waals surface area (Å²) in [5, 5.41) is 4.12. The molecule has 0 aliphatic carbocycles. The van der Waals surface area contributed by atoms with Crippen molar-refractivity contribution < 1.29 is 9.47 Å². The van der Waals surface area contributed by atoms with Gasteiger partial charge in [-0.25, -0.2) is 0 Å². The summed E-state index contributed by atoms with van der Waals surface area (Å²) in [6, 6.07) is 16.0. The van der Waals surface area contributed by atoms with E-state index in [0.717, 1.165) is 28.6 Å². The zero-order valence-corrected chi connectivity index (χ0v) is 18.4. The van der Waals surface area contributed by atoms with E-state index in [9.17, 15) is 0 Å². The van der Waals surface area contributed by atoms with Crippen molar-refractivity contribution in [3.05, 3.63) is 72.3 Å². The predicted molar refractivity (Wildman–Crippen MR) is 122 cm³/mol. The number of nitrogens with zero attached hydrogens (tertiary/aromatic N) is 3. The molecule has 7 heteroatoms. The maximum atomic E-state index is 5.83. The van der Waals surface area contributed by atoms with Crippen molar-refractivity contribution in [2.24, 2.45) is 0 Å². The van der Waals surface area contributed by atoms with Gasteiger partial charge in [0, 0.05) is 30.2 Å². The Morgan fingerprint density at radius 2 is 1.90 bits per heavy atom. The van der Waals surface area contributed by atoms with Crippen LogP contribution in [-0.2, 0) is 0 Å². The summed E-state index contributed by atoms with van der Waals surface area (Å²) in [6.45, 7) is 4.35. The molecule has 0 spiro atoms. The lowest BCUT2D eigenvalue weighted by molar-refractivity contribution is 0.402. The van der Waals surface area contributed by atoms with Gasteiger partial charge in [-0.1, -0.05) is 6.07 Å². The van der Waals surface area contributed by atoms with E-state index < -0.39 is 0 Å². The lowest BCUT2D eigenvalue weighted by atomic mass is 10.0. The van der Waals surface area contributed by atoms with Gasteiger partial charge in [-0.05, 0) is 62.5 Å². The molecule has 1 aliphatic heterocycles. The second-order valence-corrected chi connectivity index (χ2v) is 7.86. The minimum Gasteiger partial charge on any atom is -0.497 e. The monoisotopic (exact) mass is 422 g/mol. The summed E-state index contributed by atoms with van der Waals surface area (Å²) in [7, 11) is 3.32. The van der Waals surface area contributed by atoms with Crippen molar-refractivity contribution in [2.75, 3.05) is 19.1 Å². The first-order valence-corrected chi connectivity index (χ1v) is 10.4. The zero-order chi connectivity index (χ0) is 21.3. The van der Waals surface area contributed by atoms with Crippen LogP contribution in [0.4, 0.5) is 5.69 Å². The Morgan fingerprint density at radius 3 is 2.57 bits per heavy atom. The number of rotatable bonds is 6. The average molecular weight is 423 g/mol. The van der Waals surface area contributed by atoms with Crippen LogP contribution in [0.2, 0.25) is 0 Å². The molecule has 156 valence electrons. The van der Waals surface area contributed by atoms with Crippen LogP contribution in [0.1, 0.15) is 43.4 Å². The number of nitrogens with one attached hydrogen (secondary N) is 1. The van der Waals surface area contributed by atoms with E-state index in [1.807, 2.05) is 42.6 Å². The van der Waals surface area contributed by atoms with Gasteiger partial charge in [-0.3, -0.25) is 4.98 Å². The molecule has 0 saturated carbocycles. The number of hydrogen-bond donors (Lipinski definition) is 1. The van der Waals surface area contributed by atoms with Crippen LogP contribution < -0.4 is 19.7 Å². The predicted octanol–water partition coefficient (Wildman–Crippen LogP) is 4.66. The highest BCUT2D eigenvalue weighted by Crippen LogP contribution is 2.45. The molecule has 4 rings (SSSR count). The summed E-state index contributed by atoms with van der Waals surface area (Å²) in [4.78, 5) is 6.74. The first-order chi connectivity index (χ1) is 14.5. The summed E-state index contributed by atoms with van der Waals surface area (Å²) in [5.41, 5.74) is 2.94. The van der Waals surface area contributed by atoms with Crippen LogP contribution in [0.5, 0.6) is 11.5 Å². The van der Waals surface area contributed by atoms with Gasteiger partial charge in [0.2, 0.25) is 0 Å². The average Bonchev–Trinajstić information content (AvgIpc) is 3.38. The molecule has 2 atom stereocenters. The third kappa shape index (κ3) is 3.50. The number of hydrogen-bond acceptors (Lipinski definition) is 4. The Balaban J connectivity index is 1.91. The second kappa shape index (κ2) is 8.36. The highest BCUT2D eigenvalue weighted by molar-refractivity contribution is 7.80. The van der Waals surface area contributed by atoms with Crippen LogP contribution in [0.3, 0.4) is 0 Å². The van der Waals surface area contributed by atoms with Crippen molar-refractivity contribution in [1.82, 2.24) is 14.9 Å². The maximum Gasteiger partial charge on any atom is 0.174 e. The van der Waals surface area contributed by atoms with Crippen molar-refractivity contribution in [1.29, 1.82) is 0 Å². The van der Waals surface area contributed by atoms with E-state index in [1.54, 1.807) is 14.2 Å². The molecule has 0 radical (unpaired) electrons. The molecular weight excluding hydrogens is 396 g/mol. The second-order valence-electron chi connectivity index (χ2n) is 7.47. The van der Waals surface area contributed by atoms with Crippen LogP contribution in [0, 0.1) is 0 Å². The highest BCUT2D eigenvalue weighted by atomic mass is 32.1. The molecule has 1 saturated heterocycles. The van der Waals surface area contributed by atoms with E-state index in [1.165, 1.54) is 0 Å². The topological polar surface area (TPSA) is 51.6 Å². The van der Waals surface area contributed by atoms with E-state index >= 15 is 0 Å². The van der Waals surface area contributed by atoms with Gasteiger partial charge >= 0.3 is 0 Å². The third-order valence-electron chi connectivity index (χ3n) is 5.41. The molecule has 3 heterocycles. The van der Waals surface area contributed by atoms with Gasteiger partial charge in [0.1, 0.15) is 17.5 Å². The fraction of sp³-hybridized carbons (Fsp3) is 0.304. The number of thiocarbonyl (C=S) groups is 1. The molecule has 1 aromatic carbocycles. The third-order valence-corrected chi connectivity index (χ3v) is 5.73. The summed E-state index contributed by atoms with van der Waals surface area (Å²) in [6.07, 6.45) is 3.92. The lowest BCUT2D eigenvalue weighted by Gasteiger charge is -2.30. The fourth-order valence-corrected chi connectivity index (χ4v) is 4.37. The largest absolute Gasteiger partial charge is 0.497 e. The maximum absolute atomic E-state index is 5.83. The van der Waals surface area contributed by atoms with Crippen molar-refractivity contribution in [3.63, 3.8) is 0 Å². The van der Waals surface area contributed by atoms with Gasteiger partial charge in [0.05, 0.1) is 31.6 Å². The summed E-state index contributed by atoms with van der Waals surface area (Å²) in [5.74, 6) is 1.47. The van der Waals surface area contributed by atoms with E-state index in [2.05, 4.69) is 51.9 Å². The SMILES string of the molecule is COc1ccc(OC)c(N2C(=S)N[C@H](c3ccccn3)[C@@H]2c2cccn2C(C)C)c1. The minimum absolute atomic E-state index is 0.106. The van der Waals surface area contributed by atoms with Crippen molar-refractivity contribution in [2.45, 2.75) is 32.0 Å². The molecular formula is C23H26N4O2S. The molecule has 0 unspecified atom stereocenters. The Kier molecular flexibility index (Phi) is 5.63. The standard InChI is InChI=1S/C23H26N4O2S/c1-15(2)26-13-7-9-18(26)22-21(17-8-5-6-12-24-17)25-23(30)27(22)19-14-16(28-3)10-11-20(19)29-4/h5-15,21-22H,1-4H3,(H,25,30)/t21-,22+/m1/s1. The molecule has 30 heavy (non-hydrogen) atoms. The smallest absolute Gasteiger partial charge is 0.174 e. The fourth-order valence-electron chi connectivity index (χ4n) is 4.03.